The molecule has 0 spiro atoms. The SMILES string of the molecule is N#Cc1cccc(Br)c1Oc1cc([C@H]2CC(=O)N(c3cccc(C(N)=O)c3)C2)ccc1Cl. The first-order valence-electron chi connectivity index (χ1n) is 9.73. The van der Waals surface area contributed by atoms with Gasteiger partial charge < -0.3 is 15.4 Å². The maximum atomic E-state index is 12.7. The van der Waals surface area contributed by atoms with E-state index in [9.17, 15) is 14.9 Å². The van der Waals surface area contributed by atoms with Crippen molar-refractivity contribution in [3.63, 3.8) is 0 Å². The predicted octanol–water partition coefficient (Wildman–Crippen LogP) is 5.39. The van der Waals surface area contributed by atoms with Crippen molar-refractivity contribution in [3.05, 3.63) is 86.8 Å². The molecule has 0 saturated carbocycles. The van der Waals surface area contributed by atoms with Gasteiger partial charge in [0.15, 0.2) is 5.75 Å². The third-order valence-electron chi connectivity index (χ3n) is 5.29. The highest BCUT2D eigenvalue weighted by atomic mass is 79.9. The molecule has 1 aliphatic heterocycles. The molecule has 3 aromatic rings. The van der Waals surface area contributed by atoms with Crippen LogP contribution in [0.2, 0.25) is 5.02 Å². The van der Waals surface area contributed by atoms with Crippen molar-refractivity contribution in [1.82, 2.24) is 0 Å². The van der Waals surface area contributed by atoms with E-state index in [2.05, 4.69) is 22.0 Å². The minimum absolute atomic E-state index is 0.0494. The van der Waals surface area contributed by atoms with Crippen molar-refractivity contribution in [2.45, 2.75) is 12.3 Å². The molecule has 1 fully saturated rings. The second kappa shape index (κ2) is 9.03. The number of ether oxygens (including phenoxy) is 1. The Bertz CT molecular complexity index is 1270. The normalized spacial score (nSPS) is 15.5. The summed E-state index contributed by atoms with van der Waals surface area (Å²) in [5, 5.41) is 9.77. The molecule has 2 N–H and O–H groups in total. The fourth-order valence-electron chi connectivity index (χ4n) is 3.67. The maximum Gasteiger partial charge on any atom is 0.248 e. The van der Waals surface area contributed by atoms with Crippen LogP contribution in [0.5, 0.6) is 11.5 Å². The van der Waals surface area contributed by atoms with Crippen LogP contribution in [0.1, 0.15) is 33.8 Å². The molecule has 0 aliphatic carbocycles. The van der Waals surface area contributed by atoms with Crippen LogP contribution in [0.25, 0.3) is 0 Å². The number of halogens is 2. The van der Waals surface area contributed by atoms with Gasteiger partial charge in [-0.25, -0.2) is 0 Å². The van der Waals surface area contributed by atoms with Gasteiger partial charge in [0.25, 0.3) is 0 Å². The average Bonchev–Trinajstić information content (AvgIpc) is 3.18. The minimum atomic E-state index is -0.543. The monoisotopic (exact) mass is 509 g/mol. The Labute approximate surface area is 198 Å². The minimum Gasteiger partial charge on any atom is -0.453 e. The summed E-state index contributed by atoms with van der Waals surface area (Å²) in [6, 6.07) is 19.4. The molecule has 8 heteroatoms. The standard InChI is InChI=1S/C24H17BrClN3O3/c25-19-6-2-4-16(12-27)23(19)32-21-10-14(7-8-20(21)26)17-11-22(30)29(13-17)18-5-1-3-15(9-18)24(28)31/h1-10,17H,11,13H2,(H2,28,31)/t17-/m0/s1. The first-order valence-corrected chi connectivity index (χ1v) is 10.9. The fraction of sp³-hybridized carbons (Fsp3) is 0.125. The van der Waals surface area contributed by atoms with Gasteiger partial charge in [0.05, 0.1) is 15.1 Å². The molecule has 4 rings (SSSR count). The lowest BCUT2D eigenvalue weighted by Crippen LogP contribution is -2.24. The summed E-state index contributed by atoms with van der Waals surface area (Å²) in [6.07, 6.45) is 0.306. The molecule has 1 heterocycles. The van der Waals surface area contributed by atoms with Gasteiger partial charge in [-0.15, -0.1) is 0 Å². The van der Waals surface area contributed by atoms with E-state index in [1.807, 2.05) is 6.07 Å². The van der Waals surface area contributed by atoms with E-state index in [1.54, 1.807) is 59.5 Å². The molecule has 3 aromatic carbocycles. The zero-order valence-corrected chi connectivity index (χ0v) is 19.1. The summed E-state index contributed by atoms with van der Waals surface area (Å²) in [5.74, 6) is 0.0922. The molecule has 1 saturated heterocycles. The lowest BCUT2D eigenvalue weighted by atomic mass is 9.98. The van der Waals surface area contributed by atoms with E-state index in [1.165, 1.54) is 0 Å². The molecule has 0 bridgehead atoms. The summed E-state index contributed by atoms with van der Waals surface area (Å²) in [6.45, 7) is 0.445. The van der Waals surface area contributed by atoms with E-state index in [0.717, 1.165) is 5.56 Å². The number of amides is 2. The average molecular weight is 511 g/mol. The molecule has 0 radical (unpaired) electrons. The Morgan fingerprint density at radius 1 is 1.19 bits per heavy atom. The number of carbonyl (C=O) groups excluding carboxylic acids is 2. The molecule has 160 valence electrons. The zero-order valence-electron chi connectivity index (χ0n) is 16.7. The smallest absolute Gasteiger partial charge is 0.248 e. The number of rotatable bonds is 5. The van der Waals surface area contributed by atoms with Gasteiger partial charge in [0.1, 0.15) is 11.8 Å². The number of hydrogen-bond acceptors (Lipinski definition) is 4. The van der Waals surface area contributed by atoms with Crippen LogP contribution in [-0.2, 0) is 4.79 Å². The molecule has 0 aromatic heterocycles. The molecule has 32 heavy (non-hydrogen) atoms. The van der Waals surface area contributed by atoms with Crippen molar-refractivity contribution in [1.29, 1.82) is 5.26 Å². The number of para-hydroxylation sites is 1. The lowest BCUT2D eigenvalue weighted by Gasteiger charge is -2.18. The summed E-state index contributed by atoms with van der Waals surface area (Å²) in [7, 11) is 0. The summed E-state index contributed by atoms with van der Waals surface area (Å²) in [5.41, 5.74) is 7.61. The Balaban J connectivity index is 1.61. The Morgan fingerprint density at radius 2 is 1.97 bits per heavy atom. The van der Waals surface area contributed by atoms with Gasteiger partial charge in [0.2, 0.25) is 11.8 Å². The number of anilines is 1. The van der Waals surface area contributed by atoms with Crippen LogP contribution < -0.4 is 15.4 Å². The Kier molecular flexibility index (Phi) is 6.17. The van der Waals surface area contributed by atoms with Crippen LogP contribution in [0.4, 0.5) is 5.69 Å². The van der Waals surface area contributed by atoms with Crippen molar-refractivity contribution >= 4 is 45.0 Å². The number of nitriles is 1. The van der Waals surface area contributed by atoms with Crippen molar-refractivity contribution in [2.75, 3.05) is 11.4 Å². The largest absolute Gasteiger partial charge is 0.453 e. The lowest BCUT2D eigenvalue weighted by molar-refractivity contribution is -0.117. The van der Waals surface area contributed by atoms with Crippen LogP contribution in [-0.4, -0.2) is 18.4 Å². The summed E-state index contributed by atoms with van der Waals surface area (Å²) < 4.78 is 6.63. The van der Waals surface area contributed by atoms with Crippen molar-refractivity contribution in [3.8, 4) is 17.6 Å². The van der Waals surface area contributed by atoms with Crippen molar-refractivity contribution < 1.29 is 14.3 Å². The fourth-order valence-corrected chi connectivity index (χ4v) is 4.27. The zero-order chi connectivity index (χ0) is 22.8. The quantitative estimate of drug-likeness (QED) is 0.498. The Morgan fingerprint density at radius 3 is 2.72 bits per heavy atom. The number of benzene rings is 3. The van der Waals surface area contributed by atoms with Gasteiger partial charge in [-0.3, -0.25) is 9.59 Å². The molecule has 1 atom stereocenters. The van der Waals surface area contributed by atoms with E-state index < -0.39 is 5.91 Å². The van der Waals surface area contributed by atoms with Crippen LogP contribution in [0, 0.1) is 11.3 Å². The molecule has 6 nitrogen and oxygen atoms in total. The number of nitrogens with zero attached hydrogens (tertiary/aromatic N) is 2. The van der Waals surface area contributed by atoms with Gasteiger partial charge in [-0.1, -0.05) is 29.8 Å². The molecule has 0 unspecified atom stereocenters. The summed E-state index contributed by atoms with van der Waals surface area (Å²) in [4.78, 5) is 25.9. The van der Waals surface area contributed by atoms with Crippen LogP contribution in [0.3, 0.4) is 0 Å². The highest BCUT2D eigenvalue weighted by Gasteiger charge is 2.32. The number of nitrogens with two attached hydrogens (primary N) is 1. The van der Waals surface area contributed by atoms with E-state index >= 15 is 0 Å². The second-order valence-corrected chi connectivity index (χ2v) is 8.60. The van der Waals surface area contributed by atoms with Gasteiger partial charge in [0, 0.05) is 30.1 Å². The maximum absolute atomic E-state index is 12.7. The molecular formula is C24H17BrClN3O3. The highest BCUT2D eigenvalue weighted by Crippen LogP contribution is 2.39. The topological polar surface area (TPSA) is 96.4 Å². The molecule has 1 aliphatic rings. The van der Waals surface area contributed by atoms with E-state index in [0.29, 0.717) is 50.8 Å². The van der Waals surface area contributed by atoms with E-state index in [-0.39, 0.29) is 11.8 Å². The third-order valence-corrected chi connectivity index (χ3v) is 6.23. The van der Waals surface area contributed by atoms with Gasteiger partial charge in [-0.05, 0) is 64.0 Å². The second-order valence-electron chi connectivity index (χ2n) is 7.34. The van der Waals surface area contributed by atoms with E-state index in [4.69, 9.17) is 22.1 Å². The first-order chi connectivity index (χ1) is 15.4. The van der Waals surface area contributed by atoms with Crippen LogP contribution >= 0.6 is 27.5 Å². The van der Waals surface area contributed by atoms with Gasteiger partial charge in [-0.2, -0.15) is 5.26 Å². The molecule has 2 amide bonds. The first kappa shape index (κ1) is 21.9. The van der Waals surface area contributed by atoms with Crippen LogP contribution in [0.15, 0.2) is 65.1 Å². The molecular weight excluding hydrogens is 494 g/mol. The highest BCUT2D eigenvalue weighted by molar-refractivity contribution is 9.10. The predicted molar refractivity (Wildman–Crippen MR) is 125 cm³/mol. The van der Waals surface area contributed by atoms with Crippen molar-refractivity contribution in [2.24, 2.45) is 5.73 Å². The number of carbonyl (C=O) groups is 2. The number of primary amides is 1. The number of hydrogen-bond donors (Lipinski definition) is 1. The Hall–Kier alpha value is -3.34. The third kappa shape index (κ3) is 4.33. The van der Waals surface area contributed by atoms with Gasteiger partial charge >= 0.3 is 0 Å². The summed E-state index contributed by atoms with van der Waals surface area (Å²) >= 11 is 9.77.